The SMILES string of the molecule is Cc1cccc(NC2(c3nnnn3-c3ccccc3)CCC(C)CC2)c1. The van der Waals surface area contributed by atoms with E-state index in [1.54, 1.807) is 0 Å². The fraction of sp³-hybridized carbons (Fsp3) is 0.381. The van der Waals surface area contributed by atoms with Crippen LogP contribution in [0.3, 0.4) is 0 Å². The summed E-state index contributed by atoms with van der Waals surface area (Å²) in [7, 11) is 0. The molecule has 1 fully saturated rings. The van der Waals surface area contributed by atoms with Gasteiger partial charge in [-0.15, -0.1) is 5.10 Å². The highest BCUT2D eigenvalue weighted by molar-refractivity contribution is 5.49. The van der Waals surface area contributed by atoms with E-state index in [4.69, 9.17) is 0 Å². The molecule has 1 aliphatic carbocycles. The van der Waals surface area contributed by atoms with Crippen molar-refractivity contribution in [2.24, 2.45) is 5.92 Å². The number of aromatic nitrogens is 4. The first-order valence-corrected chi connectivity index (χ1v) is 9.35. The van der Waals surface area contributed by atoms with E-state index in [1.165, 1.54) is 18.4 Å². The maximum Gasteiger partial charge on any atom is 0.181 e. The summed E-state index contributed by atoms with van der Waals surface area (Å²) in [6.07, 6.45) is 4.38. The molecule has 1 aliphatic rings. The van der Waals surface area contributed by atoms with Crippen LogP contribution in [0.15, 0.2) is 54.6 Å². The number of rotatable bonds is 4. The van der Waals surface area contributed by atoms with Crippen LogP contribution in [-0.2, 0) is 5.54 Å². The first-order chi connectivity index (χ1) is 12.7. The normalized spacial score (nSPS) is 22.9. The second-order valence-electron chi connectivity index (χ2n) is 7.51. The quantitative estimate of drug-likeness (QED) is 0.755. The van der Waals surface area contributed by atoms with Crippen molar-refractivity contribution in [3.63, 3.8) is 0 Å². The summed E-state index contributed by atoms with van der Waals surface area (Å²) in [5, 5.41) is 16.6. The Hall–Kier alpha value is -2.69. The number of nitrogens with zero attached hydrogens (tertiary/aromatic N) is 4. The van der Waals surface area contributed by atoms with Crippen molar-refractivity contribution >= 4 is 5.69 Å². The molecule has 1 N–H and O–H groups in total. The second kappa shape index (κ2) is 6.90. The van der Waals surface area contributed by atoms with Gasteiger partial charge in [0.2, 0.25) is 0 Å². The van der Waals surface area contributed by atoms with Crippen molar-refractivity contribution in [3.05, 3.63) is 66.0 Å². The molecule has 2 aromatic carbocycles. The molecule has 0 atom stereocenters. The fourth-order valence-electron chi connectivity index (χ4n) is 3.89. The molecule has 3 aromatic rings. The number of anilines is 1. The summed E-state index contributed by atoms with van der Waals surface area (Å²) in [6.45, 7) is 4.45. The molecule has 4 rings (SSSR count). The van der Waals surface area contributed by atoms with Gasteiger partial charge in [0, 0.05) is 5.69 Å². The van der Waals surface area contributed by atoms with Gasteiger partial charge in [-0.25, -0.2) is 0 Å². The predicted octanol–water partition coefficient (Wildman–Crippen LogP) is 4.49. The molecule has 0 saturated heterocycles. The first-order valence-electron chi connectivity index (χ1n) is 9.35. The van der Waals surface area contributed by atoms with Crippen LogP contribution < -0.4 is 5.32 Å². The third-order valence-corrected chi connectivity index (χ3v) is 5.43. The van der Waals surface area contributed by atoms with Gasteiger partial charge in [0.1, 0.15) is 0 Å². The zero-order valence-electron chi connectivity index (χ0n) is 15.4. The standard InChI is InChI=1S/C21H25N5/c1-16-11-13-21(14-12-16,22-18-8-6-7-17(2)15-18)20-23-24-25-26(20)19-9-4-3-5-10-19/h3-10,15-16,22H,11-14H2,1-2H3. The van der Waals surface area contributed by atoms with Crippen LogP contribution in [0, 0.1) is 12.8 Å². The molecular weight excluding hydrogens is 322 g/mol. The number of tetrazole rings is 1. The van der Waals surface area contributed by atoms with Gasteiger partial charge in [-0.2, -0.15) is 4.68 Å². The molecule has 5 heteroatoms. The molecule has 5 nitrogen and oxygen atoms in total. The van der Waals surface area contributed by atoms with Crippen LogP contribution >= 0.6 is 0 Å². The minimum absolute atomic E-state index is 0.250. The van der Waals surface area contributed by atoms with E-state index in [0.717, 1.165) is 36.0 Å². The van der Waals surface area contributed by atoms with Gasteiger partial charge >= 0.3 is 0 Å². The Bertz CT molecular complexity index is 863. The zero-order chi connectivity index (χ0) is 18.0. The Balaban J connectivity index is 1.76. The second-order valence-corrected chi connectivity index (χ2v) is 7.51. The van der Waals surface area contributed by atoms with Gasteiger partial charge in [0.25, 0.3) is 0 Å². The average molecular weight is 347 g/mol. The van der Waals surface area contributed by atoms with Crippen LogP contribution in [-0.4, -0.2) is 20.2 Å². The third kappa shape index (κ3) is 3.21. The molecule has 1 heterocycles. The van der Waals surface area contributed by atoms with Crippen LogP contribution in [0.2, 0.25) is 0 Å². The lowest BCUT2D eigenvalue weighted by Crippen LogP contribution is -2.41. The van der Waals surface area contributed by atoms with Crippen LogP contribution in [0.25, 0.3) is 5.69 Å². The number of nitrogens with one attached hydrogen (secondary N) is 1. The van der Waals surface area contributed by atoms with E-state index in [0.29, 0.717) is 0 Å². The fourth-order valence-corrected chi connectivity index (χ4v) is 3.89. The molecule has 0 radical (unpaired) electrons. The Kier molecular flexibility index (Phi) is 4.45. The van der Waals surface area contributed by atoms with E-state index >= 15 is 0 Å². The van der Waals surface area contributed by atoms with Crippen molar-refractivity contribution in [2.75, 3.05) is 5.32 Å². The van der Waals surface area contributed by atoms with Gasteiger partial charge < -0.3 is 5.32 Å². The molecule has 0 spiro atoms. The summed E-state index contributed by atoms with van der Waals surface area (Å²) >= 11 is 0. The highest BCUT2D eigenvalue weighted by atomic mass is 15.6. The maximum atomic E-state index is 4.47. The van der Waals surface area contributed by atoms with E-state index in [-0.39, 0.29) is 5.54 Å². The highest BCUT2D eigenvalue weighted by Gasteiger charge is 2.40. The number of hydrogen-bond donors (Lipinski definition) is 1. The van der Waals surface area contributed by atoms with Crippen molar-refractivity contribution < 1.29 is 0 Å². The Morgan fingerprint density at radius 2 is 1.81 bits per heavy atom. The lowest BCUT2D eigenvalue weighted by atomic mass is 9.76. The summed E-state index contributed by atoms with van der Waals surface area (Å²) < 4.78 is 1.89. The average Bonchev–Trinajstić information content (AvgIpc) is 3.15. The van der Waals surface area contributed by atoms with Gasteiger partial charge in [-0.3, -0.25) is 0 Å². The minimum Gasteiger partial charge on any atom is -0.373 e. The van der Waals surface area contributed by atoms with Crippen LogP contribution in [0.5, 0.6) is 0 Å². The lowest BCUT2D eigenvalue weighted by molar-refractivity contribution is 0.255. The summed E-state index contributed by atoms with van der Waals surface area (Å²) in [6, 6.07) is 18.7. The number of para-hydroxylation sites is 1. The molecule has 134 valence electrons. The number of hydrogen-bond acceptors (Lipinski definition) is 4. The van der Waals surface area contributed by atoms with Crippen molar-refractivity contribution in [2.45, 2.75) is 45.1 Å². The Morgan fingerprint density at radius 3 is 2.54 bits per heavy atom. The molecule has 26 heavy (non-hydrogen) atoms. The lowest BCUT2D eigenvalue weighted by Gasteiger charge is -2.39. The van der Waals surface area contributed by atoms with Crippen molar-refractivity contribution in [3.8, 4) is 5.69 Å². The van der Waals surface area contributed by atoms with Gasteiger partial charge in [0.05, 0.1) is 11.2 Å². The topological polar surface area (TPSA) is 55.6 Å². The van der Waals surface area contributed by atoms with E-state index in [1.807, 2.05) is 35.0 Å². The molecule has 1 saturated carbocycles. The molecule has 1 aromatic heterocycles. The number of benzene rings is 2. The predicted molar refractivity (Wildman–Crippen MR) is 103 cm³/mol. The Labute approximate surface area is 154 Å². The Morgan fingerprint density at radius 1 is 1.04 bits per heavy atom. The molecule has 0 amide bonds. The van der Waals surface area contributed by atoms with Gasteiger partial charge in [-0.05, 0) is 78.8 Å². The summed E-state index contributed by atoms with van der Waals surface area (Å²) in [4.78, 5) is 0. The van der Waals surface area contributed by atoms with Crippen molar-refractivity contribution in [1.29, 1.82) is 0 Å². The van der Waals surface area contributed by atoms with E-state index in [9.17, 15) is 0 Å². The third-order valence-electron chi connectivity index (χ3n) is 5.43. The summed E-state index contributed by atoms with van der Waals surface area (Å²) in [5.41, 5.74) is 3.12. The van der Waals surface area contributed by atoms with Crippen molar-refractivity contribution in [1.82, 2.24) is 20.2 Å². The monoisotopic (exact) mass is 347 g/mol. The molecule has 0 unspecified atom stereocenters. The smallest absolute Gasteiger partial charge is 0.181 e. The maximum absolute atomic E-state index is 4.47. The largest absolute Gasteiger partial charge is 0.373 e. The minimum atomic E-state index is -0.250. The summed E-state index contributed by atoms with van der Waals surface area (Å²) in [5.74, 6) is 1.64. The van der Waals surface area contributed by atoms with Crippen LogP contribution in [0.1, 0.15) is 44.0 Å². The highest BCUT2D eigenvalue weighted by Crippen LogP contribution is 2.41. The molecule has 0 bridgehead atoms. The van der Waals surface area contributed by atoms with E-state index < -0.39 is 0 Å². The van der Waals surface area contributed by atoms with Gasteiger partial charge in [0.15, 0.2) is 5.82 Å². The van der Waals surface area contributed by atoms with E-state index in [2.05, 4.69) is 59.0 Å². The van der Waals surface area contributed by atoms with Crippen LogP contribution in [0.4, 0.5) is 5.69 Å². The zero-order valence-corrected chi connectivity index (χ0v) is 15.4. The van der Waals surface area contributed by atoms with Gasteiger partial charge in [-0.1, -0.05) is 37.3 Å². The molecule has 0 aliphatic heterocycles. The first kappa shape index (κ1) is 16.8. The molecular formula is C21H25N5. The number of aryl methyl sites for hydroxylation is 1.